The zero-order valence-corrected chi connectivity index (χ0v) is 8.97. The molecule has 4 nitrogen and oxygen atoms in total. The van der Waals surface area contributed by atoms with Crippen molar-refractivity contribution in [2.24, 2.45) is 0 Å². The average Bonchev–Trinajstić information content (AvgIpc) is 2.09. The highest BCUT2D eigenvalue weighted by Crippen LogP contribution is 2.25. The predicted octanol–water partition coefficient (Wildman–Crippen LogP) is 1.22. The smallest absolute Gasteiger partial charge is 0.331 e. The molecule has 0 spiro atoms. The van der Waals surface area contributed by atoms with Crippen molar-refractivity contribution >= 4 is 53.3 Å². The molecule has 0 aromatic carbocycles. The lowest BCUT2D eigenvalue weighted by molar-refractivity contribution is -0.138. The fourth-order valence-corrected chi connectivity index (χ4v) is 0.590. The van der Waals surface area contributed by atoms with Gasteiger partial charge in [-0.05, 0) is 0 Å². The summed E-state index contributed by atoms with van der Waals surface area (Å²) in [6, 6.07) is 0. The molecule has 0 amide bonds. The lowest BCUT2D eigenvalue weighted by Crippen LogP contribution is -2.16. The Kier molecular flexibility index (Phi) is 5.76. The van der Waals surface area contributed by atoms with Crippen molar-refractivity contribution in [2.75, 3.05) is 6.61 Å². The van der Waals surface area contributed by atoms with Crippen molar-refractivity contribution in [1.82, 2.24) is 0 Å². The highest BCUT2D eigenvalue weighted by molar-refractivity contribution is 6.67. The van der Waals surface area contributed by atoms with Crippen LogP contribution in [0.2, 0.25) is 0 Å². The van der Waals surface area contributed by atoms with Gasteiger partial charge in [-0.1, -0.05) is 34.8 Å². The second kappa shape index (κ2) is 6.01. The minimum absolute atomic E-state index is 0.212. The van der Waals surface area contributed by atoms with Crippen molar-refractivity contribution < 1.29 is 19.1 Å². The number of carbonyl (C=O) groups is 3. The molecule has 0 saturated carbocycles. The van der Waals surface area contributed by atoms with E-state index in [1.807, 2.05) is 0 Å². The molecule has 7 heteroatoms. The Morgan fingerprint density at radius 3 is 2.07 bits per heavy atom. The highest BCUT2D eigenvalue weighted by atomic mass is 35.6. The summed E-state index contributed by atoms with van der Waals surface area (Å²) in [6.45, 7) is -0.460. The molecule has 0 bridgehead atoms. The van der Waals surface area contributed by atoms with Crippen molar-refractivity contribution in [3.05, 3.63) is 11.6 Å². The number of ether oxygens (including phenoxy) is 1. The van der Waals surface area contributed by atoms with Gasteiger partial charge in [0, 0.05) is 6.08 Å². The number of aldehydes is 2. The zero-order valence-electron chi connectivity index (χ0n) is 6.71. The van der Waals surface area contributed by atoms with E-state index in [2.05, 4.69) is 4.74 Å². The monoisotopic (exact) mass is 258 g/mol. The number of halogens is 3. The van der Waals surface area contributed by atoms with Gasteiger partial charge in [-0.25, -0.2) is 4.79 Å². The van der Waals surface area contributed by atoms with Crippen LogP contribution in [0.25, 0.3) is 0 Å². The first kappa shape index (κ1) is 13.4. The van der Waals surface area contributed by atoms with Crippen LogP contribution in [-0.4, -0.2) is 28.9 Å². The first-order chi connectivity index (χ1) is 6.39. The fourth-order valence-electron chi connectivity index (χ4n) is 0.427. The maximum Gasteiger partial charge on any atom is 0.331 e. The van der Waals surface area contributed by atoms with E-state index in [-0.39, 0.29) is 18.1 Å². The van der Waals surface area contributed by atoms with Crippen LogP contribution in [0.3, 0.4) is 0 Å². The van der Waals surface area contributed by atoms with Gasteiger partial charge in [-0.15, -0.1) is 0 Å². The second-order valence-electron chi connectivity index (χ2n) is 2.10. The Morgan fingerprint density at radius 1 is 1.21 bits per heavy atom. The molecule has 0 fully saturated rings. The predicted molar refractivity (Wildman–Crippen MR) is 51.5 cm³/mol. The number of rotatable bonds is 4. The van der Waals surface area contributed by atoms with E-state index in [4.69, 9.17) is 34.8 Å². The van der Waals surface area contributed by atoms with E-state index in [9.17, 15) is 14.4 Å². The molecular formula is C7H5Cl3O4. The first-order valence-electron chi connectivity index (χ1n) is 3.24. The van der Waals surface area contributed by atoms with Gasteiger partial charge < -0.3 is 4.74 Å². The number of hydrogen-bond acceptors (Lipinski definition) is 4. The molecule has 0 aromatic rings. The molecule has 0 rings (SSSR count). The molecule has 0 aliphatic carbocycles. The number of hydrogen-bond donors (Lipinski definition) is 0. The molecular weight excluding hydrogens is 254 g/mol. The van der Waals surface area contributed by atoms with Crippen molar-refractivity contribution in [2.45, 2.75) is 3.79 Å². The van der Waals surface area contributed by atoms with Crippen molar-refractivity contribution in [3.63, 3.8) is 0 Å². The summed E-state index contributed by atoms with van der Waals surface area (Å²) in [4.78, 5) is 31.0. The van der Waals surface area contributed by atoms with Crippen LogP contribution in [0.5, 0.6) is 0 Å². The number of carbonyl (C=O) groups excluding carboxylic acids is 3. The van der Waals surface area contributed by atoms with Crippen molar-refractivity contribution in [3.8, 4) is 0 Å². The molecule has 0 aliphatic heterocycles. The fraction of sp³-hybridized carbons (Fsp3) is 0.286. The van der Waals surface area contributed by atoms with Gasteiger partial charge >= 0.3 is 5.97 Å². The van der Waals surface area contributed by atoms with Crippen LogP contribution in [0.1, 0.15) is 0 Å². The normalized spacial score (nSPS) is 10.2. The molecule has 0 atom stereocenters. The van der Waals surface area contributed by atoms with Gasteiger partial charge in [0.1, 0.15) is 6.61 Å². The third kappa shape index (κ3) is 6.88. The summed E-state index contributed by atoms with van der Waals surface area (Å²) in [5.74, 6) is -0.925. The lowest BCUT2D eigenvalue weighted by Gasteiger charge is -2.09. The van der Waals surface area contributed by atoms with E-state index >= 15 is 0 Å². The largest absolute Gasteiger partial charge is 0.458 e. The number of allylic oxidation sites excluding steroid dienone is 1. The summed E-state index contributed by atoms with van der Waals surface area (Å²) < 4.78 is 2.70. The number of esters is 1. The third-order valence-corrected chi connectivity index (χ3v) is 1.26. The summed E-state index contributed by atoms with van der Waals surface area (Å²) in [6.07, 6.45) is 1.13. The van der Waals surface area contributed by atoms with Crippen LogP contribution in [0, 0.1) is 0 Å². The Morgan fingerprint density at radius 2 is 1.71 bits per heavy atom. The minimum atomic E-state index is -1.72. The Hall–Kier alpha value is -0.580. The SMILES string of the molecule is O=CC(C=O)=CC(=O)OCC(Cl)(Cl)Cl. The van der Waals surface area contributed by atoms with Crippen LogP contribution in [-0.2, 0) is 19.1 Å². The van der Waals surface area contributed by atoms with E-state index in [1.165, 1.54) is 0 Å². The summed E-state index contributed by atoms with van der Waals surface area (Å²) in [5.41, 5.74) is -0.348. The molecule has 0 aromatic heterocycles. The summed E-state index contributed by atoms with van der Waals surface area (Å²) in [5, 5.41) is 0. The van der Waals surface area contributed by atoms with Crippen LogP contribution < -0.4 is 0 Å². The van der Waals surface area contributed by atoms with E-state index < -0.39 is 16.4 Å². The summed E-state index contributed by atoms with van der Waals surface area (Å²) in [7, 11) is 0. The van der Waals surface area contributed by atoms with E-state index in [0.29, 0.717) is 6.08 Å². The van der Waals surface area contributed by atoms with Crippen LogP contribution >= 0.6 is 34.8 Å². The standard InChI is InChI=1S/C7H5Cl3O4/c8-7(9,10)4-14-6(13)1-5(2-11)3-12/h1-3H,4H2. The summed E-state index contributed by atoms with van der Waals surface area (Å²) >= 11 is 15.8. The van der Waals surface area contributed by atoms with Crippen LogP contribution in [0.15, 0.2) is 11.6 Å². The van der Waals surface area contributed by atoms with Gasteiger partial charge in [0.25, 0.3) is 0 Å². The molecule has 0 N–H and O–H groups in total. The number of alkyl halides is 3. The molecule has 0 aliphatic rings. The van der Waals surface area contributed by atoms with Gasteiger partial charge in [-0.2, -0.15) is 0 Å². The maximum atomic E-state index is 10.8. The molecule has 0 saturated heterocycles. The van der Waals surface area contributed by atoms with Crippen LogP contribution in [0.4, 0.5) is 0 Å². The molecule has 14 heavy (non-hydrogen) atoms. The van der Waals surface area contributed by atoms with Gasteiger partial charge in [-0.3, -0.25) is 9.59 Å². The zero-order chi connectivity index (χ0) is 11.2. The molecule has 0 heterocycles. The second-order valence-corrected chi connectivity index (χ2v) is 4.62. The lowest BCUT2D eigenvalue weighted by atomic mass is 10.3. The Labute approximate surface area is 94.7 Å². The topological polar surface area (TPSA) is 60.4 Å². The Bertz CT molecular complexity index is 257. The minimum Gasteiger partial charge on any atom is -0.458 e. The first-order valence-corrected chi connectivity index (χ1v) is 4.38. The highest BCUT2D eigenvalue weighted by Gasteiger charge is 2.21. The van der Waals surface area contributed by atoms with E-state index in [0.717, 1.165) is 0 Å². The quantitative estimate of drug-likeness (QED) is 0.190. The Balaban J connectivity index is 4.17. The third-order valence-electron chi connectivity index (χ3n) is 0.935. The van der Waals surface area contributed by atoms with E-state index in [1.54, 1.807) is 0 Å². The maximum absolute atomic E-state index is 10.8. The molecule has 0 radical (unpaired) electrons. The molecule has 0 unspecified atom stereocenters. The van der Waals surface area contributed by atoms with Gasteiger partial charge in [0.2, 0.25) is 3.79 Å². The average molecular weight is 259 g/mol. The molecule has 78 valence electrons. The van der Waals surface area contributed by atoms with Gasteiger partial charge in [0.15, 0.2) is 12.6 Å². The van der Waals surface area contributed by atoms with Gasteiger partial charge in [0.05, 0.1) is 5.57 Å². The van der Waals surface area contributed by atoms with Crippen molar-refractivity contribution in [1.29, 1.82) is 0 Å².